The highest BCUT2D eigenvalue weighted by atomic mass is 19.1. The topological polar surface area (TPSA) is 102 Å². The lowest BCUT2D eigenvalue weighted by Gasteiger charge is -2.38. The number of β-amino-alcohol motifs (C(OH)–C–C–N with tert-alkyl or cyclic N) is 1. The van der Waals surface area contributed by atoms with Crippen LogP contribution in [0.15, 0.2) is 30.5 Å². The normalized spacial score (nSPS) is 24.9. The second-order valence-electron chi connectivity index (χ2n) is 16.2. The summed E-state index contributed by atoms with van der Waals surface area (Å²) in [7, 11) is 1.52. The first kappa shape index (κ1) is 37.2. The molecule has 1 saturated carbocycles. The van der Waals surface area contributed by atoms with E-state index in [0.29, 0.717) is 83.4 Å². The van der Waals surface area contributed by atoms with Crippen LogP contribution < -0.4 is 14.4 Å². The van der Waals surface area contributed by atoms with E-state index in [-0.39, 0.29) is 35.4 Å². The molecule has 290 valence electrons. The fourth-order valence-corrected chi connectivity index (χ4v) is 9.68. The van der Waals surface area contributed by atoms with E-state index in [9.17, 15) is 5.11 Å². The van der Waals surface area contributed by atoms with Crippen LogP contribution in [0.5, 0.6) is 11.8 Å². The van der Waals surface area contributed by atoms with E-state index in [1.54, 1.807) is 24.4 Å². The van der Waals surface area contributed by atoms with Gasteiger partial charge in [-0.2, -0.15) is 9.97 Å². The van der Waals surface area contributed by atoms with Gasteiger partial charge in [0.2, 0.25) is 0 Å². The summed E-state index contributed by atoms with van der Waals surface area (Å²) in [6, 6.07) is 7.01. The maximum Gasteiger partial charge on any atom is 0.319 e. The molecule has 10 nitrogen and oxygen atoms in total. The number of nitrogens with zero attached hydrogens (tertiary/aromatic N) is 5. The lowest BCUT2D eigenvalue weighted by molar-refractivity contribution is 0.0259. The fourth-order valence-electron chi connectivity index (χ4n) is 9.68. The molecule has 0 spiro atoms. The summed E-state index contributed by atoms with van der Waals surface area (Å²) >= 11 is 0. The number of halogens is 2. The van der Waals surface area contributed by atoms with Gasteiger partial charge in [0.25, 0.3) is 0 Å². The molecule has 1 aliphatic carbocycles. The molecule has 1 N–H and O–H groups in total. The number of hydrogen-bond acceptors (Lipinski definition) is 10. The van der Waals surface area contributed by atoms with Gasteiger partial charge in [0.1, 0.15) is 35.2 Å². The van der Waals surface area contributed by atoms with E-state index in [1.165, 1.54) is 38.9 Å². The molecule has 0 radical (unpaired) electrons. The zero-order valence-electron chi connectivity index (χ0n) is 31.8. The van der Waals surface area contributed by atoms with Crippen molar-refractivity contribution in [2.24, 2.45) is 5.92 Å². The number of aryl methyl sites for hydroxylation is 1. The first-order valence-electron chi connectivity index (χ1n) is 19.9. The number of fused-ring (bicyclic) bond motifs is 3. The Morgan fingerprint density at radius 1 is 0.963 bits per heavy atom. The van der Waals surface area contributed by atoms with E-state index in [2.05, 4.69) is 9.88 Å². The predicted molar refractivity (Wildman–Crippen MR) is 204 cm³/mol. The standard InChI is InChI=1S/C42H53F2N5O5/c1-4-31-34(43)12-11-28-19-30(54-26-51-3)20-32(35(28)31)37-36(44)38-33(21-45-37)39(48-17-7-14-41(2,50)24-48)47-40(46-38)53-25-42-15-8-18-49(42)29(13-16-42)23-52-22-27-9-5-6-10-27/h11-12,19-21,27,29,50H,4-10,13-18,22-26H2,1-3H3/t29-,41+,42?/m0/s1. The van der Waals surface area contributed by atoms with Crippen molar-refractivity contribution >= 4 is 27.5 Å². The van der Waals surface area contributed by atoms with Gasteiger partial charge in [-0.05, 0) is 112 Å². The number of aliphatic hydroxyl groups is 1. The number of methoxy groups -OCH3 is 1. The van der Waals surface area contributed by atoms with Gasteiger partial charge in [0.05, 0.1) is 23.1 Å². The quantitative estimate of drug-likeness (QED) is 0.138. The number of anilines is 1. The van der Waals surface area contributed by atoms with Crippen LogP contribution in [0.2, 0.25) is 0 Å². The molecular weight excluding hydrogens is 692 g/mol. The minimum atomic E-state index is -0.938. The maximum absolute atomic E-state index is 17.3. The van der Waals surface area contributed by atoms with Crippen LogP contribution in [-0.4, -0.2) is 95.5 Å². The SMILES string of the molecule is CCc1c(F)ccc2cc(OCOC)cc(-c3ncc4c(N5CCC[C@@](C)(O)C5)nc(OCC56CCCN5[C@H](COCC5CCCC5)CC6)nc4c3F)c12. The van der Waals surface area contributed by atoms with Gasteiger partial charge in [0.15, 0.2) is 12.6 Å². The van der Waals surface area contributed by atoms with Gasteiger partial charge in [-0.3, -0.25) is 9.88 Å². The molecule has 4 aliphatic rings. The van der Waals surface area contributed by atoms with Crippen molar-refractivity contribution < 1.29 is 32.8 Å². The fraction of sp³-hybridized carbons (Fsp3) is 0.595. The third-order valence-electron chi connectivity index (χ3n) is 12.4. The molecule has 4 aromatic rings. The first-order chi connectivity index (χ1) is 26.2. The van der Waals surface area contributed by atoms with Crippen molar-refractivity contribution in [3.8, 4) is 23.0 Å². The van der Waals surface area contributed by atoms with Gasteiger partial charge < -0.3 is 29.0 Å². The Balaban J connectivity index is 1.16. The largest absolute Gasteiger partial charge is 0.468 e. The summed E-state index contributed by atoms with van der Waals surface area (Å²) in [6.07, 6.45) is 12.7. The zero-order valence-corrected chi connectivity index (χ0v) is 31.8. The van der Waals surface area contributed by atoms with E-state index in [0.717, 1.165) is 51.9 Å². The molecule has 4 fully saturated rings. The minimum Gasteiger partial charge on any atom is -0.468 e. The summed E-state index contributed by atoms with van der Waals surface area (Å²) in [4.78, 5) is 18.9. The molecule has 12 heteroatoms. The van der Waals surface area contributed by atoms with E-state index >= 15 is 8.78 Å². The van der Waals surface area contributed by atoms with Gasteiger partial charge in [-0.15, -0.1) is 0 Å². The number of aromatic nitrogens is 3. The summed E-state index contributed by atoms with van der Waals surface area (Å²) in [6.45, 7) is 7.60. The molecule has 0 amide bonds. The monoisotopic (exact) mass is 745 g/mol. The predicted octanol–water partition coefficient (Wildman–Crippen LogP) is 7.60. The lowest BCUT2D eigenvalue weighted by atomic mass is 9.94. The number of ether oxygens (including phenoxy) is 4. The second kappa shape index (κ2) is 15.4. The van der Waals surface area contributed by atoms with Crippen molar-refractivity contribution in [1.29, 1.82) is 0 Å². The number of rotatable bonds is 13. The van der Waals surface area contributed by atoms with Crippen LogP contribution >= 0.6 is 0 Å². The highest BCUT2D eigenvalue weighted by Gasteiger charge is 2.50. The Bertz CT molecular complexity index is 1990. The van der Waals surface area contributed by atoms with Gasteiger partial charge in [-0.1, -0.05) is 25.8 Å². The molecule has 3 aliphatic heterocycles. The molecular formula is C42H53F2N5O5. The Morgan fingerprint density at radius 2 is 1.80 bits per heavy atom. The minimum absolute atomic E-state index is 0.00947. The summed E-state index contributed by atoms with van der Waals surface area (Å²) in [5, 5.41) is 12.8. The molecule has 54 heavy (non-hydrogen) atoms. The summed E-state index contributed by atoms with van der Waals surface area (Å²) in [5.41, 5.74) is -0.157. The second-order valence-corrected chi connectivity index (χ2v) is 16.2. The molecule has 3 atom stereocenters. The summed E-state index contributed by atoms with van der Waals surface area (Å²) < 4.78 is 56.3. The molecule has 2 aromatic heterocycles. The van der Waals surface area contributed by atoms with E-state index < -0.39 is 11.4 Å². The van der Waals surface area contributed by atoms with Crippen molar-refractivity contribution in [2.75, 3.05) is 58.3 Å². The molecule has 3 saturated heterocycles. The Hall–Kier alpha value is -3.71. The smallest absolute Gasteiger partial charge is 0.319 e. The Kier molecular flexibility index (Phi) is 10.6. The molecule has 0 bridgehead atoms. The number of hydrogen-bond donors (Lipinski definition) is 1. The van der Waals surface area contributed by atoms with Gasteiger partial charge in [0, 0.05) is 44.6 Å². The van der Waals surface area contributed by atoms with Crippen LogP contribution in [0, 0.1) is 17.6 Å². The average molecular weight is 746 g/mol. The summed E-state index contributed by atoms with van der Waals surface area (Å²) in [5.74, 6) is 0.572. The van der Waals surface area contributed by atoms with Crippen molar-refractivity contribution in [2.45, 2.75) is 102 Å². The van der Waals surface area contributed by atoms with Crippen molar-refractivity contribution in [3.05, 3.63) is 47.7 Å². The van der Waals surface area contributed by atoms with Gasteiger partial charge >= 0.3 is 6.01 Å². The van der Waals surface area contributed by atoms with Gasteiger partial charge in [-0.25, -0.2) is 8.78 Å². The van der Waals surface area contributed by atoms with E-state index in [1.807, 2.05) is 18.7 Å². The number of benzene rings is 2. The number of pyridine rings is 1. The van der Waals surface area contributed by atoms with Crippen LogP contribution in [0.1, 0.15) is 83.6 Å². The third kappa shape index (κ3) is 7.22. The van der Waals surface area contributed by atoms with Crippen LogP contribution in [0.4, 0.5) is 14.6 Å². The average Bonchev–Trinajstić information content (AvgIpc) is 3.91. The molecule has 5 heterocycles. The van der Waals surface area contributed by atoms with Crippen molar-refractivity contribution in [1.82, 2.24) is 19.9 Å². The van der Waals surface area contributed by atoms with Crippen molar-refractivity contribution in [3.63, 3.8) is 0 Å². The van der Waals surface area contributed by atoms with E-state index in [4.69, 9.17) is 28.9 Å². The number of piperidine rings is 1. The lowest BCUT2D eigenvalue weighted by Crippen LogP contribution is -2.48. The molecule has 2 aromatic carbocycles. The Morgan fingerprint density at radius 3 is 2.59 bits per heavy atom. The Labute approximate surface area is 316 Å². The highest BCUT2D eigenvalue weighted by Crippen LogP contribution is 2.44. The highest BCUT2D eigenvalue weighted by molar-refractivity contribution is 6.01. The molecule has 8 rings (SSSR count). The van der Waals surface area contributed by atoms with Crippen LogP contribution in [-0.2, 0) is 15.9 Å². The first-order valence-corrected chi connectivity index (χ1v) is 19.9. The maximum atomic E-state index is 17.3. The third-order valence-corrected chi connectivity index (χ3v) is 12.4. The zero-order chi connectivity index (χ0) is 37.5. The molecule has 1 unspecified atom stereocenters. The van der Waals surface area contributed by atoms with Crippen LogP contribution in [0.3, 0.4) is 0 Å². The van der Waals surface area contributed by atoms with Crippen LogP contribution in [0.25, 0.3) is 32.9 Å².